The molecule has 2 nitrogen and oxygen atoms in total. The van der Waals surface area contributed by atoms with Gasteiger partial charge in [0.25, 0.3) is 0 Å². The summed E-state index contributed by atoms with van der Waals surface area (Å²) in [7, 11) is 0. The van der Waals surface area contributed by atoms with Gasteiger partial charge in [0, 0.05) is 27.1 Å². The lowest BCUT2D eigenvalue weighted by atomic mass is 10.1. The van der Waals surface area contributed by atoms with E-state index in [1.165, 1.54) is 36.8 Å². The molecular formula is C23H14N2S. The van der Waals surface area contributed by atoms with Gasteiger partial charge in [0.2, 0.25) is 0 Å². The highest BCUT2D eigenvalue weighted by atomic mass is 32.1. The minimum Gasteiger partial charge on any atom is -0.298 e. The maximum absolute atomic E-state index is 4.74. The van der Waals surface area contributed by atoms with Crippen LogP contribution in [0.4, 0.5) is 0 Å². The predicted octanol–water partition coefficient (Wildman–Crippen LogP) is 6.55. The summed E-state index contributed by atoms with van der Waals surface area (Å²) in [5.74, 6) is 0. The average molecular weight is 350 g/mol. The van der Waals surface area contributed by atoms with E-state index < -0.39 is 0 Å². The monoisotopic (exact) mass is 350 g/mol. The molecule has 3 aromatic carbocycles. The minimum absolute atomic E-state index is 1.08. The Morgan fingerprint density at radius 3 is 2.50 bits per heavy atom. The van der Waals surface area contributed by atoms with Crippen molar-refractivity contribution in [1.29, 1.82) is 0 Å². The molecule has 0 spiro atoms. The van der Waals surface area contributed by atoms with Crippen LogP contribution in [0.25, 0.3) is 47.8 Å². The molecule has 3 heteroatoms. The summed E-state index contributed by atoms with van der Waals surface area (Å²) in [6.07, 6.45) is 1.89. The molecule has 0 saturated carbocycles. The number of pyridine rings is 1. The third kappa shape index (κ3) is 1.78. The van der Waals surface area contributed by atoms with Gasteiger partial charge in [-0.15, -0.1) is 11.3 Å². The Bertz CT molecular complexity index is 1430. The highest BCUT2D eigenvalue weighted by molar-refractivity contribution is 7.25. The van der Waals surface area contributed by atoms with Crippen molar-refractivity contribution >= 4 is 53.4 Å². The number of benzene rings is 3. The van der Waals surface area contributed by atoms with E-state index in [0.29, 0.717) is 0 Å². The smallest absolute Gasteiger partial charge is 0.111 e. The first-order valence-corrected chi connectivity index (χ1v) is 9.48. The number of hydrogen-bond donors (Lipinski definition) is 0. The third-order valence-electron chi connectivity index (χ3n) is 5.05. The largest absolute Gasteiger partial charge is 0.298 e. The Balaban J connectivity index is 1.88. The Hall–Kier alpha value is -3.17. The SMILES string of the molecule is c1ccc2c(-n3c4cccnc4c4c5ccccc5sc43)cccc2c1. The predicted molar refractivity (Wildman–Crippen MR) is 111 cm³/mol. The number of fused-ring (bicyclic) bond motifs is 6. The van der Waals surface area contributed by atoms with Crippen molar-refractivity contribution in [3.8, 4) is 5.69 Å². The summed E-state index contributed by atoms with van der Waals surface area (Å²) >= 11 is 1.84. The van der Waals surface area contributed by atoms with Gasteiger partial charge < -0.3 is 0 Å². The van der Waals surface area contributed by atoms with Crippen LogP contribution in [0.5, 0.6) is 0 Å². The second-order valence-corrected chi connectivity index (χ2v) is 7.51. The van der Waals surface area contributed by atoms with Gasteiger partial charge in [-0.25, -0.2) is 0 Å². The van der Waals surface area contributed by atoms with Crippen LogP contribution < -0.4 is 0 Å². The second-order valence-electron chi connectivity index (χ2n) is 6.48. The molecule has 0 fully saturated rings. The van der Waals surface area contributed by atoms with E-state index in [1.807, 2.05) is 23.6 Å². The molecule has 122 valence electrons. The first kappa shape index (κ1) is 14.0. The lowest BCUT2D eigenvalue weighted by Gasteiger charge is -2.10. The van der Waals surface area contributed by atoms with Gasteiger partial charge in [0.15, 0.2) is 0 Å². The molecule has 0 aliphatic heterocycles. The summed E-state index contributed by atoms with van der Waals surface area (Å²) in [6, 6.07) is 27.9. The van der Waals surface area contributed by atoms with Crippen LogP contribution in [-0.4, -0.2) is 9.55 Å². The average Bonchev–Trinajstić information content (AvgIpc) is 3.22. The minimum atomic E-state index is 1.08. The first-order chi connectivity index (χ1) is 12.9. The Morgan fingerprint density at radius 1 is 0.731 bits per heavy atom. The van der Waals surface area contributed by atoms with Crippen molar-refractivity contribution in [2.75, 3.05) is 0 Å². The van der Waals surface area contributed by atoms with Crippen molar-refractivity contribution in [3.05, 3.63) is 85.1 Å². The van der Waals surface area contributed by atoms with Gasteiger partial charge >= 0.3 is 0 Å². The van der Waals surface area contributed by atoms with Crippen molar-refractivity contribution in [1.82, 2.24) is 9.55 Å². The van der Waals surface area contributed by atoms with Gasteiger partial charge in [-0.3, -0.25) is 9.55 Å². The zero-order valence-electron chi connectivity index (χ0n) is 13.9. The van der Waals surface area contributed by atoms with E-state index in [1.54, 1.807) is 0 Å². The van der Waals surface area contributed by atoms with Crippen LogP contribution in [0.3, 0.4) is 0 Å². The van der Waals surface area contributed by atoms with Crippen molar-refractivity contribution < 1.29 is 0 Å². The van der Waals surface area contributed by atoms with Crippen molar-refractivity contribution in [2.45, 2.75) is 0 Å². The zero-order valence-corrected chi connectivity index (χ0v) is 14.7. The molecular weight excluding hydrogens is 336 g/mol. The van der Waals surface area contributed by atoms with E-state index in [2.05, 4.69) is 77.4 Å². The summed E-state index contributed by atoms with van der Waals surface area (Å²) in [5.41, 5.74) is 3.45. The maximum atomic E-state index is 4.74. The van der Waals surface area contributed by atoms with Crippen LogP contribution in [0.2, 0.25) is 0 Å². The van der Waals surface area contributed by atoms with Gasteiger partial charge in [0.1, 0.15) is 4.83 Å². The molecule has 0 radical (unpaired) electrons. The van der Waals surface area contributed by atoms with E-state index in [-0.39, 0.29) is 0 Å². The number of aromatic nitrogens is 2. The van der Waals surface area contributed by atoms with Gasteiger partial charge in [-0.05, 0) is 29.7 Å². The van der Waals surface area contributed by atoms with Crippen molar-refractivity contribution in [2.24, 2.45) is 0 Å². The van der Waals surface area contributed by atoms with Gasteiger partial charge in [0.05, 0.1) is 16.7 Å². The molecule has 0 atom stereocenters. The molecule has 0 bridgehead atoms. The molecule has 0 aliphatic rings. The lowest BCUT2D eigenvalue weighted by Crippen LogP contribution is -1.94. The summed E-state index contributed by atoms with van der Waals surface area (Å²) in [5, 5.41) is 5.06. The van der Waals surface area contributed by atoms with E-state index in [9.17, 15) is 0 Å². The van der Waals surface area contributed by atoms with Crippen LogP contribution >= 0.6 is 11.3 Å². The van der Waals surface area contributed by atoms with Gasteiger partial charge in [-0.2, -0.15) is 0 Å². The standard InChI is InChI=1S/C23H14N2S/c1-2-9-16-15(7-1)8-5-11-18(16)25-19-12-6-14-24-22(19)21-17-10-3-4-13-20(17)26-23(21)25/h1-14H. The Labute approximate surface area is 153 Å². The summed E-state index contributed by atoms with van der Waals surface area (Å²) < 4.78 is 3.68. The van der Waals surface area contributed by atoms with Crippen molar-refractivity contribution in [3.63, 3.8) is 0 Å². The van der Waals surface area contributed by atoms with Crippen LogP contribution in [-0.2, 0) is 0 Å². The van der Waals surface area contributed by atoms with Crippen LogP contribution in [0, 0.1) is 0 Å². The lowest BCUT2D eigenvalue weighted by molar-refractivity contribution is 1.21. The molecule has 3 aromatic heterocycles. The molecule has 0 amide bonds. The highest BCUT2D eigenvalue weighted by Gasteiger charge is 2.18. The Morgan fingerprint density at radius 2 is 1.54 bits per heavy atom. The Kier molecular flexibility index (Phi) is 2.79. The summed E-state index contributed by atoms with van der Waals surface area (Å²) in [4.78, 5) is 6.00. The van der Waals surface area contributed by atoms with Crippen LogP contribution in [0.1, 0.15) is 0 Å². The fourth-order valence-electron chi connectivity index (χ4n) is 3.94. The first-order valence-electron chi connectivity index (χ1n) is 8.66. The maximum Gasteiger partial charge on any atom is 0.111 e. The topological polar surface area (TPSA) is 17.8 Å². The van der Waals surface area contributed by atoms with E-state index in [0.717, 1.165) is 11.0 Å². The molecule has 3 heterocycles. The second kappa shape index (κ2) is 5.16. The number of thiophene rings is 1. The fourth-order valence-corrected chi connectivity index (χ4v) is 5.17. The number of nitrogens with zero attached hydrogens (tertiary/aromatic N) is 2. The molecule has 6 aromatic rings. The fraction of sp³-hybridized carbons (Fsp3) is 0. The van der Waals surface area contributed by atoms with E-state index >= 15 is 0 Å². The van der Waals surface area contributed by atoms with Crippen LogP contribution in [0.15, 0.2) is 85.1 Å². The highest BCUT2D eigenvalue weighted by Crippen LogP contribution is 2.42. The number of hydrogen-bond acceptors (Lipinski definition) is 2. The molecule has 0 saturated heterocycles. The summed E-state index contributed by atoms with van der Waals surface area (Å²) in [6.45, 7) is 0. The molecule has 6 rings (SSSR count). The van der Waals surface area contributed by atoms with E-state index in [4.69, 9.17) is 4.98 Å². The quantitative estimate of drug-likeness (QED) is 0.329. The van der Waals surface area contributed by atoms with Gasteiger partial charge in [-0.1, -0.05) is 54.6 Å². The molecule has 0 aliphatic carbocycles. The number of rotatable bonds is 1. The molecule has 0 unspecified atom stereocenters. The third-order valence-corrected chi connectivity index (χ3v) is 6.21. The molecule has 0 N–H and O–H groups in total. The normalized spacial score (nSPS) is 11.8. The molecule has 26 heavy (non-hydrogen) atoms. The zero-order chi connectivity index (χ0) is 17.1.